The van der Waals surface area contributed by atoms with E-state index in [0.717, 1.165) is 5.56 Å². The van der Waals surface area contributed by atoms with Crippen LogP contribution in [-0.4, -0.2) is 9.97 Å². The van der Waals surface area contributed by atoms with Gasteiger partial charge in [-0.3, -0.25) is 4.98 Å². The second-order valence-electron chi connectivity index (χ2n) is 3.02. The van der Waals surface area contributed by atoms with Crippen LogP contribution in [0.3, 0.4) is 0 Å². The maximum atomic E-state index is 13.4. The SMILES string of the molecule is Fc1nc(-c2ccncc2)ccc1CBr. The van der Waals surface area contributed by atoms with E-state index in [9.17, 15) is 4.39 Å². The molecule has 2 rings (SSSR count). The molecule has 2 aromatic rings. The lowest BCUT2D eigenvalue weighted by Crippen LogP contribution is -1.93. The van der Waals surface area contributed by atoms with Crippen molar-refractivity contribution in [3.05, 3.63) is 48.2 Å². The van der Waals surface area contributed by atoms with E-state index >= 15 is 0 Å². The standard InChI is InChI=1S/C11H8BrFN2/c12-7-9-1-2-10(15-11(9)13)8-3-5-14-6-4-8/h1-6H,7H2. The summed E-state index contributed by atoms with van der Waals surface area (Å²) in [6.07, 6.45) is 3.32. The molecule has 0 bridgehead atoms. The molecule has 0 aliphatic heterocycles. The Hall–Kier alpha value is -1.29. The third kappa shape index (κ3) is 2.21. The second-order valence-corrected chi connectivity index (χ2v) is 3.58. The van der Waals surface area contributed by atoms with Gasteiger partial charge in [0, 0.05) is 28.9 Å². The van der Waals surface area contributed by atoms with Crippen molar-refractivity contribution in [1.29, 1.82) is 0 Å². The molecular formula is C11H8BrFN2. The molecule has 0 saturated carbocycles. The smallest absolute Gasteiger partial charge is 0.217 e. The van der Waals surface area contributed by atoms with E-state index in [4.69, 9.17) is 0 Å². The van der Waals surface area contributed by atoms with Gasteiger partial charge in [0.05, 0.1) is 5.69 Å². The van der Waals surface area contributed by atoms with Crippen molar-refractivity contribution in [2.75, 3.05) is 0 Å². The fraction of sp³-hybridized carbons (Fsp3) is 0.0909. The van der Waals surface area contributed by atoms with Gasteiger partial charge in [0.25, 0.3) is 0 Å². The third-order valence-corrected chi connectivity index (χ3v) is 2.65. The Morgan fingerprint density at radius 3 is 2.47 bits per heavy atom. The molecule has 0 aromatic carbocycles. The summed E-state index contributed by atoms with van der Waals surface area (Å²) < 4.78 is 13.4. The number of pyridine rings is 2. The van der Waals surface area contributed by atoms with Gasteiger partial charge in [-0.05, 0) is 18.2 Å². The normalized spacial score (nSPS) is 10.3. The molecule has 2 nitrogen and oxygen atoms in total. The van der Waals surface area contributed by atoms with Gasteiger partial charge in [0.1, 0.15) is 0 Å². The van der Waals surface area contributed by atoms with E-state index < -0.39 is 5.95 Å². The van der Waals surface area contributed by atoms with E-state index in [-0.39, 0.29) is 0 Å². The highest BCUT2D eigenvalue weighted by Gasteiger charge is 2.05. The summed E-state index contributed by atoms with van der Waals surface area (Å²) in [5.41, 5.74) is 2.05. The molecule has 76 valence electrons. The number of hydrogen-bond donors (Lipinski definition) is 0. The summed E-state index contributed by atoms with van der Waals surface area (Å²) >= 11 is 3.20. The van der Waals surface area contributed by atoms with Crippen LogP contribution in [0, 0.1) is 5.95 Å². The first-order valence-electron chi connectivity index (χ1n) is 4.43. The Kier molecular flexibility index (Phi) is 3.06. The van der Waals surface area contributed by atoms with Crippen LogP contribution in [0.15, 0.2) is 36.7 Å². The molecule has 0 N–H and O–H groups in total. The molecule has 15 heavy (non-hydrogen) atoms. The van der Waals surface area contributed by atoms with Gasteiger partial charge in [0.2, 0.25) is 5.95 Å². The van der Waals surface area contributed by atoms with Crippen LogP contribution in [0.5, 0.6) is 0 Å². The largest absolute Gasteiger partial charge is 0.265 e. The number of halogens is 2. The molecule has 0 radical (unpaired) electrons. The molecule has 0 aliphatic carbocycles. The van der Waals surface area contributed by atoms with Crippen LogP contribution in [-0.2, 0) is 5.33 Å². The zero-order chi connectivity index (χ0) is 10.7. The zero-order valence-corrected chi connectivity index (χ0v) is 9.41. The lowest BCUT2D eigenvalue weighted by molar-refractivity contribution is 0.575. The Balaban J connectivity index is 2.43. The van der Waals surface area contributed by atoms with Gasteiger partial charge in [-0.15, -0.1) is 0 Å². The number of rotatable bonds is 2. The number of aromatic nitrogens is 2. The van der Waals surface area contributed by atoms with Crippen molar-refractivity contribution in [3.8, 4) is 11.3 Å². The van der Waals surface area contributed by atoms with Gasteiger partial charge in [-0.1, -0.05) is 22.0 Å². The topological polar surface area (TPSA) is 25.8 Å². The van der Waals surface area contributed by atoms with Crippen molar-refractivity contribution < 1.29 is 4.39 Å². The molecule has 0 unspecified atom stereocenters. The average molecular weight is 267 g/mol. The number of hydrogen-bond acceptors (Lipinski definition) is 2. The van der Waals surface area contributed by atoms with Gasteiger partial charge < -0.3 is 0 Å². The van der Waals surface area contributed by atoms with Crippen molar-refractivity contribution in [2.24, 2.45) is 0 Å². The van der Waals surface area contributed by atoms with E-state index in [2.05, 4.69) is 25.9 Å². The van der Waals surface area contributed by atoms with Gasteiger partial charge in [-0.2, -0.15) is 4.39 Å². The minimum Gasteiger partial charge on any atom is -0.265 e. The Morgan fingerprint density at radius 2 is 1.87 bits per heavy atom. The average Bonchev–Trinajstić information content (AvgIpc) is 2.30. The molecule has 0 fully saturated rings. The monoisotopic (exact) mass is 266 g/mol. The summed E-state index contributed by atoms with van der Waals surface area (Å²) in [7, 11) is 0. The van der Waals surface area contributed by atoms with E-state index in [1.807, 2.05) is 0 Å². The highest BCUT2D eigenvalue weighted by molar-refractivity contribution is 9.08. The summed E-state index contributed by atoms with van der Waals surface area (Å²) in [5, 5.41) is 0.475. The number of alkyl halides is 1. The minimum absolute atomic E-state index is 0.429. The third-order valence-electron chi connectivity index (χ3n) is 2.05. The molecule has 0 atom stereocenters. The van der Waals surface area contributed by atoms with E-state index in [1.54, 1.807) is 36.7 Å². The Morgan fingerprint density at radius 1 is 1.13 bits per heavy atom. The van der Waals surface area contributed by atoms with Crippen LogP contribution in [0.25, 0.3) is 11.3 Å². The quantitative estimate of drug-likeness (QED) is 0.617. The Bertz CT molecular complexity index is 459. The van der Waals surface area contributed by atoms with Crippen molar-refractivity contribution in [2.45, 2.75) is 5.33 Å². The molecule has 2 heterocycles. The summed E-state index contributed by atoms with van der Waals surface area (Å²) in [6.45, 7) is 0. The predicted molar refractivity (Wildman–Crippen MR) is 60.1 cm³/mol. The lowest BCUT2D eigenvalue weighted by atomic mass is 10.1. The maximum Gasteiger partial charge on any atom is 0.217 e. The van der Waals surface area contributed by atoms with Crippen LogP contribution in [0.4, 0.5) is 4.39 Å². The molecule has 2 aromatic heterocycles. The zero-order valence-electron chi connectivity index (χ0n) is 7.82. The molecule has 0 aliphatic rings. The van der Waals surface area contributed by atoms with Gasteiger partial charge in [-0.25, -0.2) is 4.98 Å². The molecule has 0 amide bonds. The molecule has 0 saturated heterocycles. The van der Waals surface area contributed by atoms with Crippen LogP contribution in [0.1, 0.15) is 5.56 Å². The van der Waals surface area contributed by atoms with Crippen molar-refractivity contribution >= 4 is 15.9 Å². The van der Waals surface area contributed by atoms with Crippen LogP contribution >= 0.6 is 15.9 Å². The summed E-state index contributed by atoms with van der Waals surface area (Å²) in [5.74, 6) is -0.429. The lowest BCUT2D eigenvalue weighted by Gasteiger charge is -2.02. The van der Waals surface area contributed by atoms with Crippen LogP contribution < -0.4 is 0 Å². The summed E-state index contributed by atoms with van der Waals surface area (Å²) in [4.78, 5) is 7.79. The van der Waals surface area contributed by atoms with Crippen molar-refractivity contribution in [3.63, 3.8) is 0 Å². The van der Waals surface area contributed by atoms with Crippen molar-refractivity contribution in [1.82, 2.24) is 9.97 Å². The first-order valence-corrected chi connectivity index (χ1v) is 5.55. The summed E-state index contributed by atoms with van der Waals surface area (Å²) in [6, 6.07) is 7.13. The van der Waals surface area contributed by atoms with Gasteiger partial charge in [0.15, 0.2) is 0 Å². The van der Waals surface area contributed by atoms with E-state index in [0.29, 0.717) is 16.6 Å². The van der Waals surface area contributed by atoms with E-state index in [1.165, 1.54) is 0 Å². The number of nitrogens with zero attached hydrogens (tertiary/aromatic N) is 2. The fourth-order valence-corrected chi connectivity index (χ4v) is 1.66. The molecule has 0 spiro atoms. The first-order chi connectivity index (χ1) is 7.31. The first kappa shape index (κ1) is 10.2. The molecule has 4 heteroatoms. The highest BCUT2D eigenvalue weighted by atomic mass is 79.9. The van der Waals surface area contributed by atoms with Gasteiger partial charge >= 0.3 is 0 Å². The predicted octanol–water partition coefficient (Wildman–Crippen LogP) is 3.18. The maximum absolute atomic E-state index is 13.4. The fourth-order valence-electron chi connectivity index (χ4n) is 1.25. The Labute approximate surface area is 95.3 Å². The highest BCUT2D eigenvalue weighted by Crippen LogP contribution is 2.18. The minimum atomic E-state index is -0.429. The molecular weight excluding hydrogens is 259 g/mol. The van der Waals surface area contributed by atoms with Crippen LogP contribution in [0.2, 0.25) is 0 Å². The second kappa shape index (κ2) is 4.49.